The van der Waals surface area contributed by atoms with Gasteiger partial charge < -0.3 is 5.32 Å². The molecule has 0 spiro atoms. The fourth-order valence-electron chi connectivity index (χ4n) is 2.27. The second kappa shape index (κ2) is 15.5. The van der Waals surface area contributed by atoms with Gasteiger partial charge in [-0.15, -0.1) is 0 Å². The first-order chi connectivity index (χ1) is 9.31. The monoisotopic (exact) mass is 269 g/mol. The first-order valence-electron chi connectivity index (χ1n) is 8.58. The molecule has 0 saturated heterocycles. The van der Waals surface area contributed by atoms with Crippen molar-refractivity contribution in [3.05, 3.63) is 0 Å². The first kappa shape index (κ1) is 18.5. The molecule has 0 aromatic carbocycles. The number of hydrogen-bond acceptors (Lipinski definition) is 1. The highest BCUT2D eigenvalue weighted by Crippen LogP contribution is 2.10. The molecule has 0 aliphatic rings. The van der Waals surface area contributed by atoms with Gasteiger partial charge in [0.25, 0.3) is 0 Å². The van der Waals surface area contributed by atoms with E-state index in [4.69, 9.17) is 0 Å². The van der Waals surface area contributed by atoms with Gasteiger partial charge in [0.1, 0.15) is 0 Å². The lowest BCUT2D eigenvalue weighted by molar-refractivity contribution is -0.121. The molecule has 0 saturated carbocycles. The summed E-state index contributed by atoms with van der Waals surface area (Å²) in [7, 11) is 0. The highest BCUT2D eigenvalue weighted by Gasteiger charge is 1.98. The predicted molar refractivity (Wildman–Crippen MR) is 84.4 cm³/mol. The third-order valence-electron chi connectivity index (χ3n) is 3.61. The van der Waals surface area contributed by atoms with E-state index in [2.05, 4.69) is 19.2 Å². The Morgan fingerprint density at radius 3 is 1.68 bits per heavy atom. The van der Waals surface area contributed by atoms with Gasteiger partial charge in [0.15, 0.2) is 0 Å². The minimum absolute atomic E-state index is 0.234. The summed E-state index contributed by atoms with van der Waals surface area (Å²) < 4.78 is 0. The van der Waals surface area contributed by atoms with E-state index >= 15 is 0 Å². The lowest BCUT2D eigenvalue weighted by Gasteiger charge is -2.05. The molecular formula is C17H35NO. The van der Waals surface area contributed by atoms with Crippen LogP contribution in [0.3, 0.4) is 0 Å². The van der Waals surface area contributed by atoms with Crippen molar-refractivity contribution >= 4 is 5.91 Å². The molecule has 0 aromatic rings. The average Bonchev–Trinajstić information content (AvgIpc) is 2.42. The highest BCUT2D eigenvalue weighted by molar-refractivity contribution is 5.75. The summed E-state index contributed by atoms with van der Waals surface area (Å²) in [6.07, 6.45) is 16.3. The molecule has 114 valence electrons. The Bertz CT molecular complexity index is 192. The van der Waals surface area contributed by atoms with Crippen molar-refractivity contribution in [1.82, 2.24) is 5.32 Å². The minimum atomic E-state index is 0.234. The molecule has 0 radical (unpaired) electrons. The molecule has 19 heavy (non-hydrogen) atoms. The van der Waals surface area contributed by atoms with Crippen LogP contribution in [0, 0.1) is 0 Å². The average molecular weight is 269 g/mol. The molecule has 0 aliphatic carbocycles. The number of amides is 1. The van der Waals surface area contributed by atoms with E-state index in [1.807, 2.05) is 0 Å². The molecule has 2 heteroatoms. The predicted octanol–water partition coefficient (Wildman–Crippen LogP) is 5.21. The zero-order chi connectivity index (χ0) is 14.2. The fourth-order valence-corrected chi connectivity index (χ4v) is 2.27. The molecule has 0 aromatic heterocycles. The quantitative estimate of drug-likeness (QED) is 0.431. The first-order valence-corrected chi connectivity index (χ1v) is 8.58. The Kier molecular flexibility index (Phi) is 15.1. The van der Waals surface area contributed by atoms with Gasteiger partial charge in [0.2, 0.25) is 5.91 Å². The Morgan fingerprint density at radius 1 is 0.684 bits per heavy atom. The lowest BCUT2D eigenvalue weighted by Crippen LogP contribution is -2.23. The summed E-state index contributed by atoms with van der Waals surface area (Å²) in [5.41, 5.74) is 0. The van der Waals surface area contributed by atoms with E-state index in [1.165, 1.54) is 57.8 Å². The van der Waals surface area contributed by atoms with Crippen molar-refractivity contribution in [1.29, 1.82) is 0 Å². The number of carbonyl (C=O) groups is 1. The van der Waals surface area contributed by atoms with Gasteiger partial charge in [-0.1, -0.05) is 78.1 Å². The van der Waals surface area contributed by atoms with Crippen LogP contribution < -0.4 is 5.32 Å². The van der Waals surface area contributed by atoms with E-state index in [1.54, 1.807) is 0 Å². The van der Waals surface area contributed by atoms with E-state index in [9.17, 15) is 4.79 Å². The van der Waals surface area contributed by atoms with Crippen molar-refractivity contribution < 1.29 is 4.79 Å². The summed E-state index contributed by atoms with van der Waals surface area (Å²) in [6, 6.07) is 0. The maximum Gasteiger partial charge on any atom is 0.219 e. The molecule has 0 fully saturated rings. The largest absolute Gasteiger partial charge is 0.356 e. The molecule has 0 bridgehead atoms. The molecule has 0 atom stereocenters. The van der Waals surface area contributed by atoms with Gasteiger partial charge in [-0.2, -0.15) is 0 Å². The summed E-state index contributed by atoms with van der Waals surface area (Å²) in [5, 5.41) is 3.00. The van der Waals surface area contributed by atoms with Crippen LogP contribution >= 0.6 is 0 Å². The molecule has 1 amide bonds. The molecule has 2 nitrogen and oxygen atoms in total. The third kappa shape index (κ3) is 15.4. The maximum absolute atomic E-state index is 11.4. The van der Waals surface area contributed by atoms with Gasteiger partial charge in [0, 0.05) is 13.0 Å². The lowest BCUT2D eigenvalue weighted by atomic mass is 10.1. The third-order valence-corrected chi connectivity index (χ3v) is 3.61. The number of nitrogens with one attached hydrogen (secondary N) is 1. The number of hydrogen-bond donors (Lipinski definition) is 1. The van der Waals surface area contributed by atoms with Gasteiger partial charge in [-0.3, -0.25) is 4.79 Å². The number of carbonyl (C=O) groups excluding carboxylic acids is 1. The van der Waals surface area contributed by atoms with Crippen LogP contribution in [0.2, 0.25) is 0 Å². The molecular weight excluding hydrogens is 234 g/mol. The Morgan fingerprint density at radius 2 is 1.16 bits per heavy atom. The zero-order valence-corrected chi connectivity index (χ0v) is 13.3. The van der Waals surface area contributed by atoms with Crippen molar-refractivity contribution in [2.45, 2.75) is 97.3 Å². The Labute approximate surface area is 120 Å². The van der Waals surface area contributed by atoms with Gasteiger partial charge in [0.05, 0.1) is 0 Å². The summed E-state index contributed by atoms with van der Waals surface area (Å²) >= 11 is 0. The number of rotatable bonds is 14. The maximum atomic E-state index is 11.4. The zero-order valence-electron chi connectivity index (χ0n) is 13.3. The van der Waals surface area contributed by atoms with Crippen LogP contribution in [0.4, 0.5) is 0 Å². The Balaban J connectivity index is 3.04. The van der Waals surface area contributed by atoms with E-state index in [0.717, 1.165) is 25.8 Å². The number of unbranched alkanes of at least 4 members (excludes halogenated alkanes) is 10. The smallest absolute Gasteiger partial charge is 0.219 e. The summed E-state index contributed by atoms with van der Waals surface area (Å²) in [6.45, 7) is 5.26. The van der Waals surface area contributed by atoms with E-state index in [0.29, 0.717) is 6.42 Å². The van der Waals surface area contributed by atoms with Crippen LogP contribution in [-0.2, 0) is 4.79 Å². The van der Waals surface area contributed by atoms with Crippen LogP contribution in [0.5, 0.6) is 0 Å². The Hall–Kier alpha value is -0.530. The second-order valence-electron chi connectivity index (χ2n) is 5.64. The SMILES string of the molecule is CCCCCCCCCCCCNC(=O)CCCC. The van der Waals surface area contributed by atoms with Crippen molar-refractivity contribution in [2.24, 2.45) is 0 Å². The fraction of sp³-hybridized carbons (Fsp3) is 0.941. The van der Waals surface area contributed by atoms with Crippen LogP contribution in [0.15, 0.2) is 0 Å². The molecule has 1 N–H and O–H groups in total. The van der Waals surface area contributed by atoms with Crippen molar-refractivity contribution in [3.63, 3.8) is 0 Å². The topological polar surface area (TPSA) is 29.1 Å². The van der Waals surface area contributed by atoms with E-state index < -0.39 is 0 Å². The molecule has 0 heterocycles. The van der Waals surface area contributed by atoms with Crippen molar-refractivity contribution in [3.8, 4) is 0 Å². The van der Waals surface area contributed by atoms with Crippen LogP contribution in [-0.4, -0.2) is 12.5 Å². The molecule has 0 rings (SSSR count). The standard InChI is InChI=1S/C17H35NO/c1-3-5-7-8-9-10-11-12-13-14-16-18-17(19)15-6-4-2/h3-16H2,1-2H3,(H,18,19). The van der Waals surface area contributed by atoms with Crippen molar-refractivity contribution in [2.75, 3.05) is 6.54 Å². The van der Waals surface area contributed by atoms with Crippen LogP contribution in [0.25, 0.3) is 0 Å². The van der Waals surface area contributed by atoms with Gasteiger partial charge >= 0.3 is 0 Å². The summed E-state index contributed by atoms with van der Waals surface area (Å²) in [5.74, 6) is 0.234. The normalized spacial score (nSPS) is 10.6. The van der Waals surface area contributed by atoms with Gasteiger partial charge in [-0.05, 0) is 12.8 Å². The molecule has 0 aliphatic heterocycles. The minimum Gasteiger partial charge on any atom is -0.356 e. The summed E-state index contributed by atoms with van der Waals surface area (Å²) in [4.78, 5) is 11.4. The van der Waals surface area contributed by atoms with Crippen LogP contribution in [0.1, 0.15) is 97.3 Å². The van der Waals surface area contributed by atoms with Gasteiger partial charge in [-0.25, -0.2) is 0 Å². The molecule has 0 unspecified atom stereocenters. The highest BCUT2D eigenvalue weighted by atomic mass is 16.1. The van der Waals surface area contributed by atoms with E-state index in [-0.39, 0.29) is 5.91 Å². The second-order valence-corrected chi connectivity index (χ2v) is 5.64.